The Labute approximate surface area is 191 Å². The molecule has 0 saturated heterocycles. The first-order valence-electron chi connectivity index (χ1n) is 9.82. The number of nitrogens with one attached hydrogen (secondary N) is 1. The number of aromatic nitrogens is 3. The summed E-state index contributed by atoms with van der Waals surface area (Å²) in [6, 6.07) is 15.1. The molecule has 1 amide bonds. The molecule has 0 atom stereocenters. The topological polar surface area (TPSA) is 78.3 Å². The summed E-state index contributed by atoms with van der Waals surface area (Å²) in [6.07, 6.45) is 0.791. The Bertz CT molecular complexity index is 1010. The van der Waals surface area contributed by atoms with Gasteiger partial charge < -0.3 is 19.4 Å². The van der Waals surface area contributed by atoms with Crippen LogP contribution in [0.3, 0.4) is 0 Å². The first kappa shape index (κ1) is 23.1. The first-order valence-corrected chi connectivity index (χ1v) is 11.2. The predicted octanol–water partition coefficient (Wildman–Crippen LogP) is 4.05. The molecule has 0 spiro atoms. The fourth-order valence-corrected chi connectivity index (χ4v) is 4.04. The fourth-order valence-electron chi connectivity index (χ4n) is 3.03. The van der Waals surface area contributed by atoms with E-state index in [1.807, 2.05) is 53.1 Å². The normalized spacial score (nSPS) is 10.8. The number of nitrogens with zero attached hydrogens (tertiary/aromatic N) is 3. The van der Waals surface area contributed by atoms with Crippen LogP contribution < -0.4 is 10.1 Å². The molecule has 0 aliphatic rings. The molecule has 3 aromatic rings. The molecule has 3 rings (SSSR count). The highest BCUT2D eigenvalue weighted by molar-refractivity contribution is 7.99. The maximum Gasteiger partial charge on any atom is 0.230 e. The number of rotatable bonds is 11. The van der Waals surface area contributed by atoms with Crippen LogP contribution in [0.5, 0.6) is 5.75 Å². The van der Waals surface area contributed by atoms with E-state index in [0.717, 1.165) is 23.3 Å². The molecule has 0 aliphatic heterocycles. The second kappa shape index (κ2) is 11.7. The van der Waals surface area contributed by atoms with Crippen LogP contribution >= 0.6 is 23.4 Å². The van der Waals surface area contributed by atoms with Crippen molar-refractivity contribution in [1.82, 2.24) is 20.1 Å². The van der Waals surface area contributed by atoms with E-state index in [0.29, 0.717) is 35.7 Å². The summed E-state index contributed by atoms with van der Waals surface area (Å²) in [5.41, 5.74) is 1.73. The summed E-state index contributed by atoms with van der Waals surface area (Å²) in [4.78, 5) is 12.4. The Morgan fingerprint density at radius 3 is 2.68 bits per heavy atom. The van der Waals surface area contributed by atoms with Crippen LogP contribution in [0.2, 0.25) is 5.02 Å². The molecular formula is C22H25ClN4O3S. The second-order valence-corrected chi connectivity index (χ2v) is 8.01. The van der Waals surface area contributed by atoms with Crippen LogP contribution in [0, 0.1) is 0 Å². The SMILES string of the molecule is COCCCn1c(SCC(=O)NCc2ccccc2OC)nnc1-c1ccccc1Cl. The van der Waals surface area contributed by atoms with E-state index in [2.05, 4.69) is 15.5 Å². The number of para-hydroxylation sites is 1. The van der Waals surface area contributed by atoms with Crippen LogP contribution in [-0.2, 0) is 22.6 Å². The minimum Gasteiger partial charge on any atom is -0.496 e. The van der Waals surface area contributed by atoms with Crippen molar-refractivity contribution in [3.8, 4) is 17.1 Å². The molecule has 1 heterocycles. The van der Waals surface area contributed by atoms with Crippen molar-refractivity contribution >= 4 is 29.3 Å². The van der Waals surface area contributed by atoms with Gasteiger partial charge in [0.1, 0.15) is 5.75 Å². The highest BCUT2D eigenvalue weighted by Gasteiger charge is 2.17. The van der Waals surface area contributed by atoms with Gasteiger partial charge >= 0.3 is 0 Å². The van der Waals surface area contributed by atoms with E-state index in [9.17, 15) is 4.79 Å². The summed E-state index contributed by atoms with van der Waals surface area (Å²) in [6.45, 7) is 1.67. The van der Waals surface area contributed by atoms with Gasteiger partial charge in [-0.05, 0) is 24.6 Å². The molecule has 164 valence electrons. The number of halogens is 1. The van der Waals surface area contributed by atoms with Crippen molar-refractivity contribution in [3.63, 3.8) is 0 Å². The Balaban J connectivity index is 1.67. The standard InChI is InChI=1S/C22H25ClN4O3S/c1-29-13-7-12-27-21(17-9-4-5-10-18(17)23)25-26-22(27)31-15-20(28)24-14-16-8-3-6-11-19(16)30-2/h3-6,8-11H,7,12-15H2,1-2H3,(H,24,28). The monoisotopic (exact) mass is 460 g/mol. The molecule has 31 heavy (non-hydrogen) atoms. The number of thioether (sulfide) groups is 1. The lowest BCUT2D eigenvalue weighted by molar-refractivity contribution is -0.118. The number of methoxy groups -OCH3 is 2. The zero-order chi connectivity index (χ0) is 22.1. The van der Waals surface area contributed by atoms with Gasteiger partial charge in [-0.15, -0.1) is 10.2 Å². The Kier molecular flexibility index (Phi) is 8.75. The molecule has 0 aliphatic carbocycles. The van der Waals surface area contributed by atoms with E-state index in [1.54, 1.807) is 14.2 Å². The number of hydrogen-bond acceptors (Lipinski definition) is 6. The Morgan fingerprint density at radius 1 is 1.13 bits per heavy atom. The third kappa shape index (κ3) is 6.22. The van der Waals surface area contributed by atoms with Crippen molar-refractivity contribution in [2.75, 3.05) is 26.6 Å². The van der Waals surface area contributed by atoms with Crippen LogP contribution in [0.15, 0.2) is 53.7 Å². The molecule has 9 heteroatoms. The third-order valence-electron chi connectivity index (χ3n) is 4.56. The number of carbonyl (C=O) groups excluding carboxylic acids is 1. The predicted molar refractivity (Wildman–Crippen MR) is 123 cm³/mol. The summed E-state index contributed by atoms with van der Waals surface area (Å²) >= 11 is 7.71. The third-order valence-corrected chi connectivity index (χ3v) is 5.86. The van der Waals surface area contributed by atoms with Crippen LogP contribution in [-0.4, -0.2) is 47.3 Å². The van der Waals surface area contributed by atoms with Crippen molar-refractivity contribution in [2.45, 2.75) is 24.7 Å². The van der Waals surface area contributed by atoms with E-state index in [4.69, 9.17) is 21.1 Å². The quantitative estimate of drug-likeness (QED) is 0.343. The highest BCUT2D eigenvalue weighted by atomic mass is 35.5. The van der Waals surface area contributed by atoms with Gasteiger partial charge in [0.15, 0.2) is 11.0 Å². The maximum atomic E-state index is 12.4. The Morgan fingerprint density at radius 2 is 1.90 bits per heavy atom. The number of hydrogen-bond donors (Lipinski definition) is 1. The van der Waals surface area contributed by atoms with Gasteiger partial charge in [-0.3, -0.25) is 4.79 Å². The van der Waals surface area contributed by atoms with E-state index in [-0.39, 0.29) is 11.7 Å². The molecular weight excluding hydrogens is 436 g/mol. The van der Waals surface area contributed by atoms with Gasteiger partial charge in [-0.1, -0.05) is 53.7 Å². The largest absolute Gasteiger partial charge is 0.496 e. The lowest BCUT2D eigenvalue weighted by atomic mass is 10.2. The van der Waals surface area contributed by atoms with Crippen molar-refractivity contribution in [3.05, 3.63) is 59.1 Å². The van der Waals surface area contributed by atoms with Gasteiger partial charge in [-0.2, -0.15) is 0 Å². The summed E-state index contributed by atoms with van der Waals surface area (Å²) in [5, 5.41) is 12.8. The van der Waals surface area contributed by atoms with Crippen molar-refractivity contribution in [2.24, 2.45) is 0 Å². The number of benzene rings is 2. The lowest BCUT2D eigenvalue weighted by Crippen LogP contribution is -2.25. The molecule has 1 N–H and O–H groups in total. The van der Waals surface area contributed by atoms with E-state index in [1.165, 1.54) is 11.8 Å². The fraction of sp³-hybridized carbons (Fsp3) is 0.318. The van der Waals surface area contributed by atoms with Gasteiger partial charge in [0.2, 0.25) is 5.91 Å². The van der Waals surface area contributed by atoms with Gasteiger partial charge in [0.05, 0.1) is 17.9 Å². The molecule has 7 nitrogen and oxygen atoms in total. The number of ether oxygens (including phenoxy) is 2. The minimum absolute atomic E-state index is 0.0957. The van der Waals surface area contributed by atoms with Gasteiger partial charge in [0.25, 0.3) is 0 Å². The van der Waals surface area contributed by atoms with Crippen LogP contribution in [0.1, 0.15) is 12.0 Å². The molecule has 0 fully saturated rings. The highest BCUT2D eigenvalue weighted by Crippen LogP contribution is 2.29. The molecule has 2 aromatic carbocycles. The molecule has 0 radical (unpaired) electrons. The minimum atomic E-state index is -0.0957. The Hall–Kier alpha value is -2.55. The van der Waals surface area contributed by atoms with Crippen LogP contribution in [0.25, 0.3) is 11.4 Å². The van der Waals surface area contributed by atoms with Crippen molar-refractivity contribution in [1.29, 1.82) is 0 Å². The molecule has 0 unspecified atom stereocenters. The lowest BCUT2D eigenvalue weighted by Gasteiger charge is -2.11. The van der Waals surface area contributed by atoms with Crippen molar-refractivity contribution < 1.29 is 14.3 Å². The smallest absolute Gasteiger partial charge is 0.230 e. The zero-order valence-electron chi connectivity index (χ0n) is 17.5. The molecule has 0 saturated carbocycles. The summed E-state index contributed by atoms with van der Waals surface area (Å²) < 4.78 is 12.5. The van der Waals surface area contributed by atoms with E-state index >= 15 is 0 Å². The number of carbonyl (C=O) groups is 1. The zero-order valence-corrected chi connectivity index (χ0v) is 19.1. The first-order chi connectivity index (χ1) is 15.1. The van der Waals surface area contributed by atoms with Gasteiger partial charge in [-0.25, -0.2) is 0 Å². The molecule has 0 bridgehead atoms. The average molecular weight is 461 g/mol. The van der Waals surface area contributed by atoms with E-state index < -0.39 is 0 Å². The number of amides is 1. The summed E-state index contributed by atoms with van der Waals surface area (Å²) in [5.74, 6) is 1.55. The maximum absolute atomic E-state index is 12.4. The average Bonchev–Trinajstić information content (AvgIpc) is 3.19. The van der Waals surface area contributed by atoms with Gasteiger partial charge in [0, 0.05) is 37.9 Å². The second-order valence-electron chi connectivity index (χ2n) is 6.66. The summed E-state index contributed by atoms with van der Waals surface area (Å²) in [7, 11) is 3.28. The van der Waals surface area contributed by atoms with Crippen LogP contribution in [0.4, 0.5) is 0 Å². The molecule has 1 aromatic heterocycles.